The van der Waals surface area contributed by atoms with Crippen molar-refractivity contribution in [1.82, 2.24) is 10.2 Å². The van der Waals surface area contributed by atoms with Crippen LogP contribution in [0.1, 0.15) is 33.1 Å². The maximum atomic E-state index is 10.9. The fourth-order valence-corrected chi connectivity index (χ4v) is 2.49. The van der Waals surface area contributed by atoms with Crippen LogP contribution in [0.25, 0.3) is 0 Å². The summed E-state index contributed by atoms with van der Waals surface area (Å²) in [6.45, 7) is 8.36. The largest absolute Gasteiger partial charge is 0.508 e. The zero-order chi connectivity index (χ0) is 15.5. The van der Waals surface area contributed by atoms with Crippen molar-refractivity contribution in [3.63, 3.8) is 0 Å². The smallest absolute Gasteiger partial charge is 0.129 e. The van der Waals surface area contributed by atoms with E-state index in [4.69, 9.17) is 5.11 Å². The van der Waals surface area contributed by atoms with Crippen LogP contribution in [0.2, 0.25) is 0 Å². The van der Waals surface area contributed by atoms with Crippen molar-refractivity contribution in [3.8, 4) is 5.75 Å². The first kappa shape index (κ1) is 17.7. The van der Waals surface area contributed by atoms with Gasteiger partial charge in [-0.3, -0.25) is 4.90 Å². The molecule has 4 nitrogen and oxygen atoms in total. The molecule has 2 N–H and O–H groups in total. The molecule has 0 aliphatic carbocycles. The minimum absolute atomic E-state index is 0.318. The summed E-state index contributed by atoms with van der Waals surface area (Å²) < 4.78 is 0. The number of phenolic OH excluding ortho intramolecular Hbond substituents is 1. The summed E-state index contributed by atoms with van der Waals surface area (Å²) in [4.78, 5) is 13.4. The van der Waals surface area contributed by atoms with Crippen LogP contribution < -0.4 is 5.32 Å². The molecule has 0 spiro atoms. The third-order valence-corrected chi connectivity index (χ3v) is 3.73. The Labute approximate surface area is 128 Å². The summed E-state index contributed by atoms with van der Waals surface area (Å²) in [6, 6.07) is 9.32. The van der Waals surface area contributed by atoms with E-state index in [-0.39, 0.29) is 0 Å². The monoisotopic (exact) mass is 292 g/mol. The molecule has 1 aromatic rings. The Morgan fingerprint density at radius 1 is 1.29 bits per heavy atom. The molecule has 1 aromatic carbocycles. The van der Waals surface area contributed by atoms with Crippen LogP contribution in [0.5, 0.6) is 5.75 Å². The number of nitrogens with zero attached hydrogens (tertiary/aromatic N) is 1. The van der Waals surface area contributed by atoms with Gasteiger partial charge in [0.05, 0.1) is 0 Å². The van der Waals surface area contributed by atoms with E-state index in [0.29, 0.717) is 17.6 Å². The summed E-state index contributed by atoms with van der Waals surface area (Å²) in [5.41, 5.74) is 0. The number of carbonyl (C=O) groups is 1. The van der Waals surface area contributed by atoms with Gasteiger partial charge in [0.25, 0.3) is 0 Å². The van der Waals surface area contributed by atoms with Crippen LogP contribution in [0, 0.1) is 0 Å². The molecule has 0 radical (unpaired) electrons. The zero-order valence-corrected chi connectivity index (χ0v) is 13.2. The Hall–Kier alpha value is -1.39. The van der Waals surface area contributed by atoms with E-state index in [2.05, 4.69) is 17.1 Å². The molecule has 4 heteroatoms. The van der Waals surface area contributed by atoms with Crippen LogP contribution in [0.4, 0.5) is 0 Å². The van der Waals surface area contributed by atoms with Gasteiger partial charge in [-0.05, 0) is 31.9 Å². The number of hydrogen-bond acceptors (Lipinski definition) is 4. The summed E-state index contributed by atoms with van der Waals surface area (Å²) in [5, 5.41) is 12.0. The molecule has 1 aliphatic rings. The Kier molecular flexibility index (Phi) is 8.71. The molecule has 21 heavy (non-hydrogen) atoms. The lowest BCUT2D eigenvalue weighted by atomic mass is 10.0. The number of para-hydroxylation sites is 1. The molecule has 0 saturated carbocycles. The summed E-state index contributed by atoms with van der Waals surface area (Å²) in [7, 11) is 0. The van der Waals surface area contributed by atoms with Crippen molar-refractivity contribution in [2.75, 3.05) is 26.2 Å². The Balaban J connectivity index is 0.000000262. The number of ketones is 1. The molecule has 1 aliphatic heterocycles. The van der Waals surface area contributed by atoms with E-state index in [1.54, 1.807) is 31.2 Å². The Bertz CT molecular complexity index is 389. The van der Waals surface area contributed by atoms with Gasteiger partial charge in [-0.2, -0.15) is 0 Å². The van der Waals surface area contributed by atoms with Gasteiger partial charge in [0.2, 0.25) is 0 Å². The summed E-state index contributed by atoms with van der Waals surface area (Å²) in [5.74, 6) is 0.640. The predicted octanol–water partition coefficient (Wildman–Crippen LogP) is 2.43. The highest BCUT2D eigenvalue weighted by molar-refractivity contribution is 5.75. The van der Waals surface area contributed by atoms with Gasteiger partial charge >= 0.3 is 0 Å². The lowest BCUT2D eigenvalue weighted by Gasteiger charge is -2.34. The highest BCUT2D eigenvalue weighted by Gasteiger charge is 2.18. The molecular weight excluding hydrogens is 264 g/mol. The van der Waals surface area contributed by atoms with Crippen LogP contribution in [-0.4, -0.2) is 48.0 Å². The van der Waals surface area contributed by atoms with E-state index < -0.39 is 0 Å². The molecule has 1 atom stereocenters. The maximum Gasteiger partial charge on any atom is 0.129 e. The molecule has 2 rings (SSSR count). The number of benzene rings is 1. The predicted molar refractivity (Wildman–Crippen MR) is 86.5 cm³/mol. The topological polar surface area (TPSA) is 52.6 Å². The van der Waals surface area contributed by atoms with Gasteiger partial charge in [0, 0.05) is 38.6 Å². The maximum absolute atomic E-state index is 10.9. The van der Waals surface area contributed by atoms with E-state index in [9.17, 15) is 4.79 Å². The number of hydrogen-bond donors (Lipinski definition) is 2. The van der Waals surface area contributed by atoms with E-state index >= 15 is 0 Å². The van der Waals surface area contributed by atoms with Gasteiger partial charge in [-0.25, -0.2) is 0 Å². The molecule has 1 saturated heterocycles. The quantitative estimate of drug-likeness (QED) is 0.875. The van der Waals surface area contributed by atoms with Crippen molar-refractivity contribution in [1.29, 1.82) is 0 Å². The average molecular weight is 292 g/mol. The van der Waals surface area contributed by atoms with Gasteiger partial charge < -0.3 is 15.2 Å². The number of aromatic hydroxyl groups is 1. The molecule has 0 amide bonds. The van der Waals surface area contributed by atoms with Gasteiger partial charge in [0.1, 0.15) is 11.5 Å². The van der Waals surface area contributed by atoms with Crippen LogP contribution in [-0.2, 0) is 4.79 Å². The molecular formula is C17H28N2O2. The van der Waals surface area contributed by atoms with Gasteiger partial charge in [-0.1, -0.05) is 25.1 Å². The van der Waals surface area contributed by atoms with Crippen LogP contribution in [0.3, 0.4) is 0 Å². The minimum atomic E-state index is 0.318. The number of nitrogens with one attached hydrogen (secondary N) is 1. The molecule has 1 heterocycles. The number of Topliss-reactive ketones (excluding diaryl/α,β-unsaturated/α-hetero) is 1. The van der Waals surface area contributed by atoms with Gasteiger partial charge in [0.15, 0.2) is 0 Å². The van der Waals surface area contributed by atoms with Crippen molar-refractivity contribution < 1.29 is 9.90 Å². The van der Waals surface area contributed by atoms with E-state index in [1.807, 2.05) is 6.07 Å². The fraction of sp³-hybridized carbons (Fsp3) is 0.588. The SMILES string of the molecule is CCC(CCC(C)=O)N1CCNCC1.Oc1ccccc1. The van der Waals surface area contributed by atoms with E-state index in [0.717, 1.165) is 45.4 Å². The number of carbonyl (C=O) groups excluding carboxylic acids is 1. The van der Waals surface area contributed by atoms with Crippen molar-refractivity contribution in [3.05, 3.63) is 30.3 Å². The molecule has 118 valence electrons. The Morgan fingerprint density at radius 3 is 2.33 bits per heavy atom. The summed E-state index contributed by atoms with van der Waals surface area (Å²) in [6.07, 6.45) is 2.93. The second-order valence-electron chi connectivity index (χ2n) is 5.42. The van der Waals surface area contributed by atoms with E-state index in [1.165, 1.54) is 0 Å². The Morgan fingerprint density at radius 2 is 1.90 bits per heavy atom. The fourth-order valence-electron chi connectivity index (χ4n) is 2.49. The molecule has 1 fully saturated rings. The second kappa shape index (κ2) is 10.4. The second-order valence-corrected chi connectivity index (χ2v) is 5.42. The first-order valence-electron chi connectivity index (χ1n) is 7.81. The van der Waals surface area contributed by atoms with Crippen molar-refractivity contribution in [2.45, 2.75) is 39.2 Å². The first-order chi connectivity index (χ1) is 10.1. The molecule has 1 unspecified atom stereocenters. The highest BCUT2D eigenvalue weighted by Crippen LogP contribution is 2.11. The number of phenols is 1. The average Bonchev–Trinajstić information content (AvgIpc) is 2.50. The molecule has 0 bridgehead atoms. The normalized spacial score (nSPS) is 16.7. The first-order valence-corrected chi connectivity index (χ1v) is 7.81. The number of piperazine rings is 1. The third-order valence-electron chi connectivity index (χ3n) is 3.73. The summed E-state index contributed by atoms with van der Waals surface area (Å²) >= 11 is 0. The van der Waals surface area contributed by atoms with Crippen molar-refractivity contribution >= 4 is 5.78 Å². The zero-order valence-electron chi connectivity index (χ0n) is 13.2. The standard InChI is InChI=1S/C11H22N2O.C6H6O/c1-3-11(5-4-10(2)14)13-8-6-12-7-9-13;7-6-4-2-1-3-5-6/h11-12H,3-9H2,1-2H3;1-5,7H. The number of rotatable bonds is 5. The van der Waals surface area contributed by atoms with Crippen LogP contribution in [0.15, 0.2) is 30.3 Å². The lowest BCUT2D eigenvalue weighted by molar-refractivity contribution is -0.117. The minimum Gasteiger partial charge on any atom is -0.508 e. The van der Waals surface area contributed by atoms with Gasteiger partial charge in [-0.15, -0.1) is 0 Å². The van der Waals surface area contributed by atoms with Crippen molar-refractivity contribution in [2.24, 2.45) is 0 Å². The lowest BCUT2D eigenvalue weighted by Crippen LogP contribution is -2.48. The van der Waals surface area contributed by atoms with Crippen LogP contribution >= 0.6 is 0 Å². The highest BCUT2D eigenvalue weighted by atomic mass is 16.3. The third kappa shape index (κ3) is 7.83. The molecule has 0 aromatic heterocycles.